The molecule has 0 aliphatic carbocycles. The molecule has 29 heavy (non-hydrogen) atoms. The van der Waals surface area contributed by atoms with Gasteiger partial charge in [-0.05, 0) is 48.8 Å². The average molecular weight is 408 g/mol. The van der Waals surface area contributed by atoms with Crippen molar-refractivity contribution in [2.45, 2.75) is 19.6 Å². The van der Waals surface area contributed by atoms with Crippen LogP contribution in [-0.2, 0) is 19.6 Å². The minimum atomic E-state index is -0.0173. The summed E-state index contributed by atoms with van der Waals surface area (Å²) in [7, 11) is 2.01. The summed E-state index contributed by atoms with van der Waals surface area (Å²) < 4.78 is 3.65. The molecule has 3 aromatic heterocycles. The van der Waals surface area contributed by atoms with E-state index in [0.29, 0.717) is 18.1 Å². The second-order valence-corrected chi connectivity index (χ2v) is 7.53. The zero-order valence-corrected chi connectivity index (χ0v) is 17.0. The Morgan fingerprint density at radius 3 is 2.76 bits per heavy atom. The highest BCUT2D eigenvalue weighted by atomic mass is 35.5. The Balaban J connectivity index is 1.66. The van der Waals surface area contributed by atoms with Crippen molar-refractivity contribution in [3.63, 3.8) is 0 Å². The zero-order valence-electron chi connectivity index (χ0n) is 16.2. The van der Waals surface area contributed by atoms with Gasteiger partial charge in [0.15, 0.2) is 0 Å². The first-order valence-corrected chi connectivity index (χ1v) is 9.86. The molecule has 0 N–H and O–H groups in total. The summed E-state index contributed by atoms with van der Waals surface area (Å²) in [6, 6.07) is 15.2. The highest BCUT2D eigenvalue weighted by molar-refractivity contribution is 6.31. The van der Waals surface area contributed by atoms with Gasteiger partial charge in [0.1, 0.15) is 0 Å². The summed E-state index contributed by atoms with van der Waals surface area (Å²) in [5, 5.41) is 5.82. The molecule has 0 aliphatic rings. The van der Waals surface area contributed by atoms with Gasteiger partial charge >= 0.3 is 0 Å². The Kier molecular flexibility index (Phi) is 5.74. The number of rotatable bonds is 7. The largest absolute Gasteiger partial charge is 0.302 e. The van der Waals surface area contributed by atoms with Gasteiger partial charge in [-0.3, -0.25) is 14.5 Å². The molecule has 7 heteroatoms. The molecule has 1 aromatic carbocycles. The lowest BCUT2D eigenvalue weighted by molar-refractivity contribution is 0.303. The van der Waals surface area contributed by atoms with Gasteiger partial charge in [0.2, 0.25) is 0 Å². The smallest absolute Gasteiger partial charge is 0.255 e. The monoisotopic (exact) mass is 407 g/mol. The van der Waals surface area contributed by atoms with Crippen LogP contribution in [0.1, 0.15) is 11.3 Å². The van der Waals surface area contributed by atoms with Crippen LogP contribution in [0.4, 0.5) is 0 Å². The van der Waals surface area contributed by atoms with Crippen molar-refractivity contribution >= 4 is 22.5 Å². The highest BCUT2D eigenvalue weighted by Gasteiger charge is 2.13. The van der Waals surface area contributed by atoms with Crippen molar-refractivity contribution < 1.29 is 0 Å². The minimum Gasteiger partial charge on any atom is -0.302 e. The number of pyridine rings is 2. The van der Waals surface area contributed by atoms with Crippen molar-refractivity contribution in [3.05, 3.63) is 93.8 Å². The lowest BCUT2D eigenvalue weighted by atomic mass is 10.1. The zero-order chi connectivity index (χ0) is 20.2. The second kappa shape index (κ2) is 8.59. The fourth-order valence-electron chi connectivity index (χ4n) is 3.40. The molecule has 3 heterocycles. The SMILES string of the molecule is CN(CCn1cccn1)Cc1cc2ccc(Cl)cc2n(Cc2ccccn2)c1=O. The number of aromatic nitrogens is 4. The Labute approximate surface area is 174 Å². The van der Waals surface area contributed by atoms with Crippen LogP contribution in [0.15, 0.2) is 71.9 Å². The third-order valence-corrected chi connectivity index (χ3v) is 5.12. The number of benzene rings is 1. The van der Waals surface area contributed by atoms with Crippen LogP contribution in [0, 0.1) is 0 Å². The first-order chi connectivity index (χ1) is 14.1. The van der Waals surface area contributed by atoms with Crippen molar-refractivity contribution in [2.24, 2.45) is 0 Å². The fourth-order valence-corrected chi connectivity index (χ4v) is 3.57. The number of fused-ring (bicyclic) bond motifs is 1. The lowest BCUT2D eigenvalue weighted by Crippen LogP contribution is -2.30. The van der Waals surface area contributed by atoms with Gasteiger partial charge in [0.25, 0.3) is 5.56 Å². The van der Waals surface area contributed by atoms with Crippen LogP contribution in [0.3, 0.4) is 0 Å². The number of likely N-dealkylation sites (N-methyl/N-ethyl adjacent to an activating group) is 1. The van der Waals surface area contributed by atoms with E-state index in [1.165, 1.54) is 0 Å². The molecule has 148 valence electrons. The predicted octanol–water partition coefficient (Wildman–Crippen LogP) is 3.43. The average Bonchev–Trinajstić information content (AvgIpc) is 3.24. The van der Waals surface area contributed by atoms with E-state index in [1.54, 1.807) is 17.0 Å². The van der Waals surface area contributed by atoms with Crippen LogP contribution >= 0.6 is 11.6 Å². The molecule has 0 amide bonds. The van der Waals surface area contributed by atoms with E-state index in [0.717, 1.165) is 35.2 Å². The van der Waals surface area contributed by atoms with Gasteiger partial charge in [-0.15, -0.1) is 0 Å². The maximum absolute atomic E-state index is 13.3. The predicted molar refractivity (Wildman–Crippen MR) is 115 cm³/mol. The molecule has 0 unspecified atom stereocenters. The molecule has 0 radical (unpaired) electrons. The summed E-state index contributed by atoms with van der Waals surface area (Å²) in [4.78, 5) is 19.8. The molecule has 4 aromatic rings. The number of halogens is 1. The van der Waals surface area contributed by atoms with Gasteiger partial charge < -0.3 is 9.47 Å². The lowest BCUT2D eigenvalue weighted by Gasteiger charge is -2.18. The van der Waals surface area contributed by atoms with E-state index in [-0.39, 0.29) is 5.56 Å². The summed E-state index contributed by atoms with van der Waals surface area (Å²) >= 11 is 6.21. The maximum atomic E-state index is 13.3. The molecular weight excluding hydrogens is 386 g/mol. The van der Waals surface area contributed by atoms with Crippen LogP contribution < -0.4 is 5.56 Å². The quantitative estimate of drug-likeness (QED) is 0.471. The van der Waals surface area contributed by atoms with Crippen LogP contribution in [0.5, 0.6) is 0 Å². The molecule has 0 aliphatic heterocycles. The van der Waals surface area contributed by atoms with Crippen LogP contribution in [0.25, 0.3) is 10.9 Å². The molecular formula is C22H22ClN5O. The van der Waals surface area contributed by atoms with Crippen molar-refractivity contribution in [1.29, 1.82) is 0 Å². The summed E-state index contributed by atoms with van der Waals surface area (Å²) in [5.74, 6) is 0. The van der Waals surface area contributed by atoms with Gasteiger partial charge in [0, 0.05) is 42.3 Å². The van der Waals surface area contributed by atoms with E-state index < -0.39 is 0 Å². The van der Waals surface area contributed by atoms with Gasteiger partial charge in [-0.25, -0.2) is 0 Å². The Bertz CT molecular complexity index is 1160. The topological polar surface area (TPSA) is 56.0 Å². The Hall–Kier alpha value is -2.96. The van der Waals surface area contributed by atoms with Gasteiger partial charge in [-0.1, -0.05) is 23.7 Å². The van der Waals surface area contributed by atoms with Gasteiger partial charge in [0.05, 0.1) is 24.3 Å². The van der Waals surface area contributed by atoms with E-state index >= 15 is 0 Å². The molecule has 4 rings (SSSR count). The van der Waals surface area contributed by atoms with E-state index in [4.69, 9.17) is 11.6 Å². The molecule has 0 bridgehead atoms. The van der Waals surface area contributed by atoms with E-state index in [1.807, 2.05) is 66.5 Å². The number of hydrogen-bond donors (Lipinski definition) is 0. The molecule has 0 saturated carbocycles. The Morgan fingerprint density at radius 1 is 1.10 bits per heavy atom. The first kappa shape index (κ1) is 19.4. The summed E-state index contributed by atoms with van der Waals surface area (Å²) in [6.07, 6.45) is 5.45. The third-order valence-electron chi connectivity index (χ3n) is 4.89. The second-order valence-electron chi connectivity index (χ2n) is 7.09. The molecule has 0 atom stereocenters. The number of hydrogen-bond acceptors (Lipinski definition) is 4. The van der Waals surface area contributed by atoms with Crippen LogP contribution in [0.2, 0.25) is 5.02 Å². The molecule has 0 fully saturated rings. The van der Waals surface area contributed by atoms with Crippen LogP contribution in [-0.4, -0.2) is 37.8 Å². The molecule has 0 saturated heterocycles. The highest BCUT2D eigenvalue weighted by Crippen LogP contribution is 2.20. The third kappa shape index (κ3) is 4.55. The minimum absolute atomic E-state index is 0.0173. The van der Waals surface area contributed by atoms with Crippen molar-refractivity contribution in [2.75, 3.05) is 13.6 Å². The maximum Gasteiger partial charge on any atom is 0.255 e. The first-order valence-electron chi connectivity index (χ1n) is 9.48. The molecule has 6 nitrogen and oxygen atoms in total. The van der Waals surface area contributed by atoms with E-state index in [9.17, 15) is 4.79 Å². The normalized spacial score (nSPS) is 11.4. The standard InChI is InChI=1S/C22H22ClN5O/c1-26(11-12-27-10-4-9-25-27)15-18-13-17-6-7-19(23)14-21(17)28(22(18)29)16-20-5-2-3-8-24-20/h2-10,13-14H,11-12,15-16H2,1H3. The van der Waals surface area contributed by atoms with Gasteiger partial charge in [-0.2, -0.15) is 5.10 Å². The summed E-state index contributed by atoms with van der Waals surface area (Å²) in [5.41, 5.74) is 2.38. The Morgan fingerprint density at radius 2 is 2.00 bits per heavy atom. The number of nitrogens with zero attached hydrogens (tertiary/aromatic N) is 5. The van der Waals surface area contributed by atoms with Crippen molar-refractivity contribution in [1.82, 2.24) is 24.2 Å². The molecule has 0 spiro atoms. The fraction of sp³-hybridized carbons (Fsp3) is 0.227. The van der Waals surface area contributed by atoms with Crippen molar-refractivity contribution in [3.8, 4) is 0 Å². The summed E-state index contributed by atoms with van der Waals surface area (Å²) in [6.45, 7) is 2.52. The van der Waals surface area contributed by atoms with E-state index in [2.05, 4.69) is 15.0 Å².